The number of hydrogen-bond acceptors (Lipinski definition) is 4. The minimum absolute atomic E-state index is 0.0370. The van der Waals surface area contributed by atoms with E-state index in [4.69, 9.17) is 16.7 Å². The number of aliphatic hydroxyl groups is 1. The summed E-state index contributed by atoms with van der Waals surface area (Å²) in [6.45, 7) is 0. The zero-order chi connectivity index (χ0) is 9.14. The van der Waals surface area contributed by atoms with Gasteiger partial charge in [0.2, 0.25) is 0 Å². The van der Waals surface area contributed by atoms with E-state index in [0.717, 1.165) is 6.20 Å². The zero-order valence-electron chi connectivity index (χ0n) is 5.90. The Labute approximate surface area is 72.3 Å². The lowest BCUT2D eigenvalue weighted by molar-refractivity contribution is -0.386. The highest BCUT2D eigenvalue weighted by atomic mass is 35.5. The first kappa shape index (κ1) is 8.95. The van der Waals surface area contributed by atoms with Gasteiger partial charge in [-0.3, -0.25) is 15.2 Å². The number of hydrogen-bond donors (Lipinski definition) is 2. The number of halogens is 1. The van der Waals surface area contributed by atoms with Crippen LogP contribution in [-0.2, 0) is 0 Å². The van der Waals surface area contributed by atoms with Crippen LogP contribution in [0.2, 0.25) is 0 Å². The monoisotopic (exact) mass is 191 g/mol. The van der Waals surface area contributed by atoms with E-state index < -0.39 is 11.0 Å². The summed E-state index contributed by atoms with van der Waals surface area (Å²) in [7, 11) is 0. The molecule has 66 valence electrons. The molecule has 0 fully saturated rings. The molecule has 1 unspecified atom stereocenters. The molecule has 1 rings (SSSR count). The first-order valence-electron chi connectivity index (χ1n) is 3.08. The third kappa shape index (κ3) is 1.54. The van der Waals surface area contributed by atoms with Crippen molar-refractivity contribution in [2.24, 2.45) is 0 Å². The fourth-order valence-electron chi connectivity index (χ4n) is 0.758. The van der Waals surface area contributed by atoms with Gasteiger partial charge < -0.3 is 5.11 Å². The summed E-state index contributed by atoms with van der Waals surface area (Å²) in [5.41, 5.74) is -0.210. The highest BCUT2D eigenvalue weighted by Gasteiger charge is 2.21. The number of rotatable bonds is 3. The van der Waals surface area contributed by atoms with Crippen LogP contribution in [0.25, 0.3) is 0 Å². The number of aliphatic hydroxyl groups excluding tert-OH is 1. The van der Waals surface area contributed by atoms with Crippen LogP contribution in [0.1, 0.15) is 11.8 Å². The molecule has 0 radical (unpaired) electrons. The zero-order valence-corrected chi connectivity index (χ0v) is 6.65. The summed E-state index contributed by atoms with van der Waals surface area (Å²) >= 11 is 5.30. The number of nitrogens with zero attached hydrogens (tertiary/aromatic N) is 2. The Balaban J connectivity index is 2.98. The Hall–Kier alpha value is -1.14. The Morgan fingerprint density at radius 1 is 1.92 bits per heavy atom. The molecular weight excluding hydrogens is 186 g/mol. The molecule has 0 amide bonds. The van der Waals surface area contributed by atoms with Gasteiger partial charge in [-0.1, -0.05) is 0 Å². The van der Waals surface area contributed by atoms with E-state index >= 15 is 0 Å². The lowest BCUT2D eigenvalue weighted by Gasteiger charge is -2.01. The van der Waals surface area contributed by atoms with Crippen LogP contribution in [-0.4, -0.2) is 26.1 Å². The van der Waals surface area contributed by atoms with E-state index in [9.17, 15) is 10.1 Å². The molecule has 0 spiro atoms. The third-order valence-electron chi connectivity index (χ3n) is 1.32. The molecule has 0 saturated heterocycles. The number of alkyl halides is 1. The molecule has 0 aromatic carbocycles. The summed E-state index contributed by atoms with van der Waals surface area (Å²) in [5.74, 6) is -0.108. The van der Waals surface area contributed by atoms with Crippen LogP contribution < -0.4 is 0 Å². The van der Waals surface area contributed by atoms with Gasteiger partial charge in [0.05, 0.1) is 10.8 Å². The van der Waals surface area contributed by atoms with Crippen LogP contribution in [0.15, 0.2) is 6.20 Å². The second-order valence-electron chi connectivity index (χ2n) is 2.10. The predicted molar refractivity (Wildman–Crippen MR) is 40.9 cm³/mol. The molecule has 1 atom stereocenters. The van der Waals surface area contributed by atoms with Crippen molar-refractivity contribution in [3.8, 4) is 0 Å². The van der Waals surface area contributed by atoms with Gasteiger partial charge in [0.25, 0.3) is 0 Å². The molecule has 2 N–H and O–H groups in total. The van der Waals surface area contributed by atoms with Crippen LogP contribution in [0.5, 0.6) is 0 Å². The van der Waals surface area contributed by atoms with Gasteiger partial charge in [0.1, 0.15) is 18.0 Å². The van der Waals surface area contributed by atoms with Crippen molar-refractivity contribution in [1.29, 1.82) is 0 Å². The second kappa shape index (κ2) is 3.51. The van der Waals surface area contributed by atoms with Gasteiger partial charge >= 0.3 is 5.69 Å². The minimum atomic E-state index is -1.07. The van der Waals surface area contributed by atoms with Gasteiger partial charge in [0.15, 0.2) is 0 Å². The van der Waals surface area contributed by atoms with Gasteiger partial charge in [0, 0.05) is 0 Å². The molecule has 1 aromatic rings. The number of aromatic nitrogens is 2. The maximum absolute atomic E-state index is 10.3. The van der Waals surface area contributed by atoms with Crippen LogP contribution in [0.4, 0.5) is 5.69 Å². The standard InChI is InChI=1S/C5H6ClN3O3/c6-1-4(10)5-3(9(11)12)2-7-8-5/h2,4,10H,1H2,(H,7,8). The average Bonchev–Trinajstić information content (AvgIpc) is 2.50. The number of nitro groups is 1. The SMILES string of the molecule is O=[N+]([O-])c1cn[nH]c1C(O)CCl. The molecule has 12 heavy (non-hydrogen) atoms. The Kier molecular flexibility index (Phi) is 2.61. The van der Waals surface area contributed by atoms with E-state index in [0.29, 0.717) is 0 Å². The van der Waals surface area contributed by atoms with Crippen molar-refractivity contribution in [2.75, 3.05) is 5.88 Å². The van der Waals surface area contributed by atoms with Gasteiger partial charge in [-0.25, -0.2) is 0 Å². The summed E-state index contributed by atoms with van der Waals surface area (Å²) in [6, 6.07) is 0. The smallest absolute Gasteiger partial charge is 0.312 e. The first-order chi connectivity index (χ1) is 5.66. The van der Waals surface area contributed by atoms with Crippen molar-refractivity contribution < 1.29 is 10.0 Å². The molecule has 1 heterocycles. The topological polar surface area (TPSA) is 92.0 Å². The van der Waals surface area contributed by atoms with Crippen LogP contribution >= 0.6 is 11.6 Å². The molecule has 0 aliphatic rings. The molecule has 6 nitrogen and oxygen atoms in total. The lowest BCUT2D eigenvalue weighted by Crippen LogP contribution is -2.02. The van der Waals surface area contributed by atoms with Crippen molar-refractivity contribution in [3.63, 3.8) is 0 Å². The molecular formula is C5H6ClN3O3. The lowest BCUT2D eigenvalue weighted by atomic mass is 10.2. The molecule has 0 bridgehead atoms. The van der Waals surface area contributed by atoms with Gasteiger partial charge in [-0.05, 0) is 0 Å². The largest absolute Gasteiger partial charge is 0.385 e. The molecule has 0 aliphatic carbocycles. The fourth-order valence-corrected chi connectivity index (χ4v) is 0.912. The Bertz CT molecular complexity index is 287. The fraction of sp³-hybridized carbons (Fsp3) is 0.400. The predicted octanol–water partition coefficient (Wildman–Crippen LogP) is 0.590. The van der Waals surface area contributed by atoms with Crippen molar-refractivity contribution in [1.82, 2.24) is 10.2 Å². The van der Waals surface area contributed by atoms with E-state index in [-0.39, 0.29) is 17.3 Å². The molecule has 7 heteroatoms. The summed E-state index contributed by atoms with van der Waals surface area (Å²) in [5, 5.41) is 25.2. The summed E-state index contributed by atoms with van der Waals surface area (Å²) in [4.78, 5) is 9.66. The van der Waals surface area contributed by atoms with Crippen LogP contribution in [0.3, 0.4) is 0 Å². The van der Waals surface area contributed by atoms with E-state index in [1.165, 1.54) is 0 Å². The number of aromatic amines is 1. The van der Waals surface area contributed by atoms with E-state index in [1.807, 2.05) is 0 Å². The first-order valence-corrected chi connectivity index (χ1v) is 3.62. The average molecular weight is 192 g/mol. The van der Waals surface area contributed by atoms with E-state index in [1.54, 1.807) is 0 Å². The normalized spacial score (nSPS) is 12.8. The van der Waals surface area contributed by atoms with Crippen LogP contribution in [0, 0.1) is 10.1 Å². The molecule has 0 saturated carbocycles. The maximum atomic E-state index is 10.3. The van der Waals surface area contributed by atoms with Gasteiger partial charge in [-0.15, -0.1) is 11.6 Å². The Morgan fingerprint density at radius 2 is 2.58 bits per heavy atom. The van der Waals surface area contributed by atoms with Gasteiger partial charge in [-0.2, -0.15) is 5.10 Å². The second-order valence-corrected chi connectivity index (χ2v) is 2.40. The van der Waals surface area contributed by atoms with E-state index in [2.05, 4.69) is 10.2 Å². The number of H-pyrrole nitrogens is 1. The Morgan fingerprint density at radius 3 is 3.08 bits per heavy atom. The quantitative estimate of drug-likeness (QED) is 0.416. The highest BCUT2D eigenvalue weighted by Crippen LogP contribution is 2.22. The highest BCUT2D eigenvalue weighted by molar-refractivity contribution is 6.18. The molecule has 0 aliphatic heterocycles. The number of nitrogens with one attached hydrogen (secondary N) is 1. The summed E-state index contributed by atoms with van der Waals surface area (Å²) in [6.07, 6.45) is -0.0416. The maximum Gasteiger partial charge on any atom is 0.312 e. The minimum Gasteiger partial charge on any atom is -0.385 e. The van der Waals surface area contributed by atoms with Crippen molar-refractivity contribution >= 4 is 17.3 Å². The molecule has 1 aromatic heterocycles. The van der Waals surface area contributed by atoms with Crippen molar-refractivity contribution in [3.05, 3.63) is 22.0 Å². The summed E-state index contributed by atoms with van der Waals surface area (Å²) < 4.78 is 0. The van der Waals surface area contributed by atoms with Crippen molar-refractivity contribution in [2.45, 2.75) is 6.10 Å². The third-order valence-corrected chi connectivity index (χ3v) is 1.62.